The molecule has 0 aliphatic rings. The van der Waals surface area contributed by atoms with Gasteiger partial charge in [-0.25, -0.2) is 4.79 Å². The van der Waals surface area contributed by atoms with Crippen LogP contribution >= 0.6 is 0 Å². The Kier molecular flexibility index (Phi) is 6.56. The number of carboxylic acid groups (broad SMARTS) is 1. The Labute approximate surface area is 197 Å². The third-order valence-electron chi connectivity index (χ3n) is 5.66. The SMILES string of the molecule is C[C@H](NC(=O)/C(C#N)=C\c1cn(Cc2cccc(C(=O)O)c2)c2ccccc12)c1ccccc1. The summed E-state index contributed by atoms with van der Waals surface area (Å²) >= 11 is 0. The Morgan fingerprint density at radius 1 is 1.06 bits per heavy atom. The van der Waals surface area contributed by atoms with Crippen molar-refractivity contribution >= 4 is 28.9 Å². The minimum atomic E-state index is -0.975. The van der Waals surface area contributed by atoms with Gasteiger partial charge in [0.1, 0.15) is 11.6 Å². The molecule has 34 heavy (non-hydrogen) atoms. The van der Waals surface area contributed by atoms with Crippen LogP contribution in [0, 0.1) is 11.3 Å². The molecule has 6 nitrogen and oxygen atoms in total. The van der Waals surface area contributed by atoms with Crippen LogP contribution in [0.3, 0.4) is 0 Å². The molecule has 0 aliphatic heterocycles. The van der Waals surface area contributed by atoms with Crippen molar-refractivity contribution in [2.45, 2.75) is 19.5 Å². The largest absolute Gasteiger partial charge is 0.478 e. The lowest BCUT2D eigenvalue weighted by molar-refractivity contribution is -0.117. The molecule has 1 atom stereocenters. The first-order valence-electron chi connectivity index (χ1n) is 10.8. The number of nitrogens with one attached hydrogen (secondary N) is 1. The molecule has 1 amide bonds. The van der Waals surface area contributed by atoms with E-state index < -0.39 is 11.9 Å². The highest BCUT2D eigenvalue weighted by Crippen LogP contribution is 2.25. The second kappa shape index (κ2) is 9.88. The number of aromatic carboxylic acids is 1. The van der Waals surface area contributed by atoms with E-state index in [0.29, 0.717) is 6.54 Å². The molecule has 1 heterocycles. The molecule has 0 radical (unpaired) electrons. The molecule has 0 fully saturated rings. The molecule has 2 N–H and O–H groups in total. The van der Waals surface area contributed by atoms with Gasteiger partial charge in [-0.15, -0.1) is 0 Å². The predicted octanol–water partition coefficient (Wildman–Crippen LogP) is 5.17. The zero-order chi connectivity index (χ0) is 24.1. The van der Waals surface area contributed by atoms with E-state index in [1.807, 2.05) is 84.4 Å². The van der Waals surface area contributed by atoms with Gasteiger partial charge >= 0.3 is 5.97 Å². The zero-order valence-electron chi connectivity index (χ0n) is 18.6. The number of aromatic nitrogens is 1. The van der Waals surface area contributed by atoms with Crippen molar-refractivity contribution in [3.05, 3.63) is 113 Å². The minimum Gasteiger partial charge on any atom is -0.478 e. The smallest absolute Gasteiger partial charge is 0.335 e. The summed E-state index contributed by atoms with van der Waals surface area (Å²) in [5, 5.41) is 22.8. The van der Waals surface area contributed by atoms with Crippen LogP contribution in [0.2, 0.25) is 0 Å². The van der Waals surface area contributed by atoms with Crippen LogP contribution in [0.5, 0.6) is 0 Å². The van der Waals surface area contributed by atoms with Gasteiger partial charge < -0.3 is 15.0 Å². The van der Waals surface area contributed by atoms with Crippen molar-refractivity contribution in [1.29, 1.82) is 5.26 Å². The van der Waals surface area contributed by atoms with Gasteiger partial charge in [0.05, 0.1) is 11.6 Å². The first kappa shape index (κ1) is 22.6. The number of amides is 1. The molecule has 0 unspecified atom stereocenters. The summed E-state index contributed by atoms with van der Waals surface area (Å²) in [5.74, 6) is -1.41. The Morgan fingerprint density at radius 3 is 2.53 bits per heavy atom. The fourth-order valence-corrected chi connectivity index (χ4v) is 3.92. The molecular weight excluding hydrogens is 426 g/mol. The van der Waals surface area contributed by atoms with Crippen LogP contribution in [0.15, 0.2) is 90.6 Å². The van der Waals surface area contributed by atoms with Gasteiger partial charge in [-0.1, -0.05) is 60.7 Å². The maximum Gasteiger partial charge on any atom is 0.335 e. The number of carbonyl (C=O) groups is 2. The van der Waals surface area contributed by atoms with E-state index in [4.69, 9.17) is 0 Å². The first-order valence-corrected chi connectivity index (χ1v) is 10.8. The van der Waals surface area contributed by atoms with Crippen LogP contribution in [0.25, 0.3) is 17.0 Å². The van der Waals surface area contributed by atoms with Crippen molar-refractivity contribution in [2.75, 3.05) is 0 Å². The zero-order valence-corrected chi connectivity index (χ0v) is 18.6. The van der Waals surface area contributed by atoms with Crippen molar-refractivity contribution in [3.8, 4) is 6.07 Å². The summed E-state index contributed by atoms with van der Waals surface area (Å²) < 4.78 is 1.99. The average Bonchev–Trinajstić information content (AvgIpc) is 3.20. The number of para-hydroxylation sites is 1. The second-order valence-electron chi connectivity index (χ2n) is 8.01. The summed E-state index contributed by atoms with van der Waals surface area (Å²) in [5.41, 5.74) is 3.69. The Balaban J connectivity index is 1.65. The normalized spacial score (nSPS) is 12.2. The van der Waals surface area contributed by atoms with E-state index in [9.17, 15) is 20.0 Å². The topological polar surface area (TPSA) is 95.1 Å². The number of nitrogens with zero attached hydrogens (tertiary/aromatic N) is 2. The van der Waals surface area contributed by atoms with Crippen LogP contribution in [-0.2, 0) is 11.3 Å². The van der Waals surface area contributed by atoms with Crippen molar-refractivity contribution in [3.63, 3.8) is 0 Å². The molecule has 0 spiro atoms. The van der Waals surface area contributed by atoms with E-state index in [0.717, 1.165) is 27.6 Å². The lowest BCUT2D eigenvalue weighted by atomic mass is 10.1. The third-order valence-corrected chi connectivity index (χ3v) is 5.66. The monoisotopic (exact) mass is 449 g/mol. The van der Waals surface area contributed by atoms with E-state index in [2.05, 4.69) is 5.32 Å². The molecule has 4 rings (SSSR count). The lowest BCUT2D eigenvalue weighted by Gasteiger charge is -2.13. The highest BCUT2D eigenvalue weighted by molar-refractivity contribution is 6.04. The maximum atomic E-state index is 12.8. The van der Waals surface area contributed by atoms with Gasteiger partial charge in [0, 0.05) is 29.2 Å². The van der Waals surface area contributed by atoms with E-state index in [1.54, 1.807) is 24.3 Å². The van der Waals surface area contributed by atoms with Crippen molar-refractivity contribution in [2.24, 2.45) is 0 Å². The summed E-state index contributed by atoms with van der Waals surface area (Å²) in [4.78, 5) is 24.2. The standard InChI is InChI=1S/C28H23N3O3/c1-19(21-9-3-2-4-10-21)30-27(32)23(16-29)15-24-18-31(26-13-6-5-12-25(24)26)17-20-8-7-11-22(14-20)28(33)34/h2-15,18-19H,17H2,1H3,(H,30,32)(H,33,34)/b23-15-/t19-/m0/s1. The lowest BCUT2D eigenvalue weighted by Crippen LogP contribution is -2.27. The van der Waals surface area contributed by atoms with Crippen molar-refractivity contribution in [1.82, 2.24) is 9.88 Å². The van der Waals surface area contributed by atoms with Crippen LogP contribution < -0.4 is 5.32 Å². The number of fused-ring (bicyclic) bond motifs is 1. The van der Waals surface area contributed by atoms with Crippen LogP contribution in [-0.4, -0.2) is 21.6 Å². The number of benzene rings is 3. The molecule has 0 aliphatic carbocycles. The summed E-state index contributed by atoms with van der Waals surface area (Å²) in [6.45, 7) is 2.33. The predicted molar refractivity (Wildman–Crippen MR) is 131 cm³/mol. The number of hydrogen-bond acceptors (Lipinski definition) is 3. The van der Waals surface area contributed by atoms with Gasteiger partial charge in [0.15, 0.2) is 0 Å². The van der Waals surface area contributed by atoms with Crippen LogP contribution in [0.4, 0.5) is 0 Å². The summed E-state index contributed by atoms with van der Waals surface area (Å²) in [6.07, 6.45) is 3.48. The molecule has 4 aromatic rings. The number of carbonyl (C=O) groups excluding carboxylic acids is 1. The molecule has 0 bridgehead atoms. The summed E-state index contributed by atoms with van der Waals surface area (Å²) in [6, 6.07) is 25.8. The molecular formula is C28H23N3O3. The van der Waals surface area contributed by atoms with Crippen molar-refractivity contribution < 1.29 is 14.7 Å². The van der Waals surface area contributed by atoms with Crippen LogP contribution in [0.1, 0.15) is 40.0 Å². The second-order valence-corrected chi connectivity index (χ2v) is 8.01. The fourth-order valence-electron chi connectivity index (χ4n) is 3.92. The molecule has 168 valence electrons. The van der Waals surface area contributed by atoms with Gasteiger partial charge in [-0.05, 0) is 42.3 Å². The fraction of sp³-hybridized carbons (Fsp3) is 0.107. The van der Waals surface area contributed by atoms with E-state index >= 15 is 0 Å². The van der Waals surface area contributed by atoms with Gasteiger partial charge in [-0.2, -0.15) is 5.26 Å². The molecule has 3 aromatic carbocycles. The number of rotatable bonds is 7. The van der Waals surface area contributed by atoms with E-state index in [1.165, 1.54) is 0 Å². The number of nitriles is 1. The number of carboxylic acids is 1. The average molecular weight is 450 g/mol. The van der Waals surface area contributed by atoms with Gasteiger partial charge in [-0.3, -0.25) is 4.79 Å². The first-order chi connectivity index (χ1) is 16.5. The Bertz CT molecular complexity index is 1430. The van der Waals surface area contributed by atoms with Gasteiger partial charge in [0.2, 0.25) is 0 Å². The Morgan fingerprint density at radius 2 is 1.79 bits per heavy atom. The highest BCUT2D eigenvalue weighted by Gasteiger charge is 2.16. The molecule has 0 saturated carbocycles. The third kappa shape index (κ3) is 4.89. The maximum absolute atomic E-state index is 12.8. The molecule has 6 heteroatoms. The minimum absolute atomic E-state index is 0.0126. The Hall–Kier alpha value is -4.63. The van der Waals surface area contributed by atoms with E-state index in [-0.39, 0.29) is 17.2 Å². The highest BCUT2D eigenvalue weighted by atomic mass is 16.4. The molecule has 0 saturated heterocycles. The number of hydrogen-bond donors (Lipinski definition) is 2. The summed E-state index contributed by atoms with van der Waals surface area (Å²) in [7, 11) is 0. The quantitative estimate of drug-likeness (QED) is 0.300. The van der Waals surface area contributed by atoms with Gasteiger partial charge in [0.25, 0.3) is 5.91 Å². The molecule has 1 aromatic heterocycles.